The molecule has 0 amide bonds. The van der Waals surface area contributed by atoms with Crippen LogP contribution in [0.1, 0.15) is 65.7 Å². The van der Waals surface area contributed by atoms with Gasteiger partial charge in [0, 0.05) is 49.9 Å². The molecule has 1 fully saturated rings. The van der Waals surface area contributed by atoms with E-state index in [1.807, 2.05) is 38.1 Å². The number of nitrogens with zero attached hydrogens (tertiary/aromatic N) is 7. The molecule has 2 aliphatic heterocycles. The molecule has 10 nitrogen and oxygen atoms in total. The van der Waals surface area contributed by atoms with Crippen molar-refractivity contribution in [2.24, 2.45) is 0 Å². The molecule has 238 valence electrons. The molecule has 1 saturated heterocycles. The average Bonchev–Trinajstić information content (AvgIpc) is 3.00. The zero-order valence-electron chi connectivity index (χ0n) is 25.7. The van der Waals surface area contributed by atoms with E-state index in [9.17, 15) is 14.0 Å². The molecule has 4 heterocycles. The second-order valence-corrected chi connectivity index (χ2v) is 12.4. The molecule has 1 aromatic carbocycles. The number of likely N-dealkylation sites (N-methyl/N-ethyl adjacent to an activating group) is 1. The second-order valence-electron chi connectivity index (χ2n) is 12.4. The minimum absolute atomic E-state index is 0.123. The minimum Gasteiger partial charge on any atom is -0.462 e. The van der Waals surface area contributed by atoms with E-state index in [1.54, 1.807) is 11.1 Å². The number of ether oxygens (including phenoxy) is 1. The number of nitrogen functional groups attached to an aromatic ring is 2. The summed E-state index contributed by atoms with van der Waals surface area (Å²) in [4.78, 5) is 19.9. The zero-order valence-corrected chi connectivity index (χ0v) is 25.7. The van der Waals surface area contributed by atoms with E-state index in [4.69, 9.17) is 26.2 Å². The Balaban J connectivity index is 1.42. The van der Waals surface area contributed by atoms with Gasteiger partial charge in [0.05, 0.1) is 35.1 Å². The Kier molecular flexibility index (Phi) is 8.22. The number of pyridine rings is 1. The lowest BCUT2D eigenvalue weighted by Gasteiger charge is -2.50. The summed E-state index contributed by atoms with van der Waals surface area (Å²) in [6.45, 7) is 2.90. The number of hydrogen-bond acceptors (Lipinski definition) is 10. The van der Waals surface area contributed by atoms with Crippen LogP contribution in [0.4, 0.5) is 30.5 Å². The van der Waals surface area contributed by atoms with E-state index in [1.165, 1.54) is 6.07 Å². The summed E-state index contributed by atoms with van der Waals surface area (Å²) in [5.41, 5.74) is 15.7. The summed E-state index contributed by atoms with van der Waals surface area (Å²) in [5, 5.41) is 10.2. The van der Waals surface area contributed by atoms with Gasteiger partial charge in [-0.3, -0.25) is 9.80 Å². The summed E-state index contributed by atoms with van der Waals surface area (Å²) in [6.07, 6.45) is 2.29. The Morgan fingerprint density at radius 1 is 1.27 bits per heavy atom. The van der Waals surface area contributed by atoms with Gasteiger partial charge in [0.25, 0.3) is 6.43 Å². The highest BCUT2D eigenvalue weighted by molar-refractivity contribution is 5.64. The first kappa shape index (κ1) is 30.9. The maximum absolute atomic E-state index is 15.3. The summed E-state index contributed by atoms with van der Waals surface area (Å²) in [6, 6.07) is 7.03. The van der Waals surface area contributed by atoms with Crippen molar-refractivity contribution in [2.45, 2.75) is 69.6 Å². The van der Waals surface area contributed by atoms with E-state index in [0.29, 0.717) is 60.7 Å². The first-order valence-electron chi connectivity index (χ1n) is 15.2. The predicted octanol–water partition coefficient (Wildman–Crippen LogP) is 4.18. The Morgan fingerprint density at radius 3 is 2.76 bits per heavy atom. The average molecular weight is 622 g/mol. The SMILES string of the molecule is C[C@H](c1cccnc1N)N(C)c1nc(OC[C@@H]2CCN2CC(F)F)nc2c1CN(C)[C@]1(CCCc3c(F)cc(N)c(C#N)c31)C2. The van der Waals surface area contributed by atoms with Crippen molar-refractivity contribution in [3.8, 4) is 12.1 Å². The Bertz CT molecular complexity index is 1650. The smallest absolute Gasteiger partial charge is 0.318 e. The lowest BCUT2D eigenvalue weighted by molar-refractivity contribution is -0.00352. The molecule has 4 N–H and O–H groups in total. The van der Waals surface area contributed by atoms with Gasteiger partial charge in [-0.05, 0) is 62.9 Å². The summed E-state index contributed by atoms with van der Waals surface area (Å²) >= 11 is 0. The van der Waals surface area contributed by atoms with E-state index in [2.05, 4.69) is 16.0 Å². The fourth-order valence-corrected chi connectivity index (χ4v) is 7.24. The number of hydrogen-bond donors (Lipinski definition) is 2. The number of rotatable bonds is 8. The number of anilines is 3. The van der Waals surface area contributed by atoms with Crippen LogP contribution in [-0.4, -0.2) is 71.0 Å². The van der Waals surface area contributed by atoms with Crippen LogP contribution in [0.5, 0.6) is 6.01 Å². The van der Waals surface area contributed by atoms with Gasteiger partial charge in [-0.15, -0.1) is 0 Å². The zero-order chi connectivity index (χ0) is 32.0. The highest BCUT2D eigenvalue weighted by Gasteiger charge is 2.48. The van der Waals surface area contributed by atoms with Crippen molar-refractivity contribution in [1.82, 2.24) is 24.8 Å². The predicted molar refractivity (Wildman–Crippen MR) is 164 cm³/mol. The van der Waals surface area contributed by atoms with Crippen molar-refractivity contribution in [3.63, 3.8) is 0 Å². The number of nitriles is 1. The topological polar surface area (TPSA) is 133 Å². The van der Waals surface area contributed by atoms with Gasteiger partial charge in [-0.1, -0.05) is 6.07 Å². The highest BCUT2D eigenvalue weighted by atomic mass is 19.3. The van der Waals surface area contributed by atoms with Crippen molar-refractivity contribution in [3.05, 3.63) is 63.7 Å². The molecule has 0 unspecified atom stereocenters. The minimum atomic E-state index is -2.42. The third kappa shape index (κ3) is 5.40. The van der Waals surface area contributed by atoms with Crippen LogP contribution < -0.4 is 21.1 Å². The van der Waals surface area contributed by atoms with Crippen molar-refractivity contribution in [1.29, 1.82) is 5.26 Å². The largest absolute Gasteiger partial charge is 0.462 e. The number of fused-ring (bicyclic) bond motifs is 3. The molecule has 3 aliphatic rings. The molecule has 0 radical (unpaired) electrons. The molecule has 2 aromatic heterocycles. The normalized spacial score (nSPS) is 22.0. The summed E-state index contributed by atoms with van der Waals surface area (Å²) in [7, 11) is 3.90. The molecule has 0 bridgehead atoms. The molecule has 3 atom stereocenters. The fraction of sp³-hybridized carbons (Fsp3) is 0.500. The summed E-state index contributed by atoms with van der Waals surface area (Å²) < 4.78 is 47.6. The molecule has 45 heavy (non-hydrogen) atoms. The number of likely N-dealkylation sites (tertiary alicyclic amines) is 1. The maximum atomic E-state index is 15.3. The molecule has 1 spiro atoms. The number of nitrogens with two attached hydrogens (primary N) is 2. The Labute approximate surface area is 260 Å². The van der Waals surface area contributed by atoms with E-state index in [0.717, 1.165) is 29.7 Å². The lowest BCUT2D eigenvalue weighted by Crippen LogP contribution is -2.52. The van der Waals surface area contributed by atoms with Gasteiger partial charge in [0.1, 0.15) is 30.1 Å². The quantitative estimate of drug-likeness (QED) is 0.353. The lowest BCUT2D eigenvalue weighted by atomic mass is 9.68. The third-order valence-corrected chi connectivity index (χ3v) is 9.92. The number of halogens is 3. The Morgan fingerprint density at radius 2 is 2.07 bits per heavy atom. The summed E-state index contributed by atoms with van der Waals surface area (Å²) in [5.74, 6) is 0.656. The molecule has 0 saturated carbocycles. The standard InChI is InChI=1S/C32H38F3N9O/c1-18(20-7-5-10-39-29(20)38)43(3)30-23-15-42(2)32(9-4-6-21-24(33)12-25(37)22(14-36)28(21)32)13-26(23)40-31(41-30)45-17-19-8-11-44(19)16-27(34)35/h5,7,10,12,18-19,27H,4,6,8-9,11,13,15-17,37H2,1-3H3,(H2,38,39)/t18-,19+,32-/m1/s1. The van der Waals surface area contributed by atoms with Gasteiger partial charge < -0.3 is 21.1 Å². The van der Waals surface area contributed by atoms with Crippen molar-refractivity contribution < 1.29 is 17.9 Å². The van der Waals surface area contributed by atoms with Crippen molar-refractivity contribution >= 4 is 17.3 Å². The molecular formula is C32H38F3N9O. The second kappa shape index (κ2) is 12.0. The first-order chi connectivity index (χ1) is 21.5. The monoisotopic (exact) mass is 621 g/mol. The van der Waals surface area contributed by atoms with E-state index in [-0.39, 0.29) is 36.9 Å². The molecule has 3 aromatic rings. The molecular weight excluding hydrogens is 583 g/mol. The third-order valence-electron chi connectivity index (χ3n) is 9.92. The van der Waals surface area contributed by atoms with Gasteiger partial charge >= 0.3 is 6.01 Å². The van der Waals surface area contributed by atoms with Crippen LogP contribution in [0.2, 0.25) is 0 Å². The van der Waals surface area contributed by atoms with Crippen molar-refractivity contribution in [2.75, 3.05) is 50.2 Å². The molecule has 1 aliphatic carbocycles. The van der Waals surface area contributed by atoms with E-state index < -0.39 is 17.8 Å². The van der Waals surface area contributed by atoms with Gasteiger partial charge in [-0.2, -0.15) is 15.2 Å². The van der Waals surface area contributed by atoms with Crippen LogP contribution in [0.3, 0.4) is 0 Å². The maximum Gasteiger partial charge on any atom is 0.318 e. The van der Waals surface area contributed by atoms with Gasteiger partial charge in [0.15, 0.2) is 0 Å². The van der Waals surface area contributed by atoms with E-state index >= 15 is 4.39 Å². The van der Waals surface area contributed by atoms with Crippen LogP contribution in [0.15, 0.2) is 24.4 Å². The first-order valence-corrected chi connectivity index (χ1v) is 15.2. The van der Waals surface area contributed by atoms with Crippen LogP contribution in [0, 0.1) is 17.1 Å². The fourth-order valence-electron chi connectivity index (χ4n) is 7.24. The van der Waals surface area contributed by atoms with Crippen LogP contribution >= 0.6 is 0 Å². The number of alkyl halides is 2. The van der Waals surface area contributed by atoms with Gasteiger partial charge in [0.2, 0.25) is 0 Å². The molecule has 6 rings (SSSR count). The Hall–Kier alpha value is -4.15. The highest BCUT2D eigenvalue weighted by Crippen LogP contribution is 2.50. The number of aromatic nitrogens is 3. The molecule has 13 heteroatoms. The van der Waals surface area contributed by atoms with Crippen LogP contribution in [-0.2, 0) is 24.9 Å². The number of benzene rings is 1. The van der Waals surface area contributed by atoms with Gasteiger partial charge in [-0.25, -0.2) is 18.2 Å². The van der Waals surface area contributed by atoms with Crippen LogP contribution in [0.25, 0.3) is 0 Å².